The van der Waals surface area contributed by atoms with E-state index in [0.29, 0.717) is 17.4 Å². The minimum atomic E-state index is -0.689. The number of carbonyl (C=O) groups is 1. The number of anilines is 2. The molecule has 21 heavy (non-hydrogen) atoms. The predicted octanol–water partition coefficient (Wildman–Crippen LogP) is 3.19. The lowest BCUT2D eigenvalue weighted by Gasteiger charge is -2.11. The summed E-state index contributed by atoms with van der Waals surface area (Å²) in [6.07, 6.45) is 3.65. The Bertz CT molecular complexity index is 686. The van der Waals surface area contributed by atoms with Crippen LogP contribution in [-0.4, -0.2) is 16.9 Å². The van der Waals surface area contributed by atoms with E-state index in [1.54, 1.807) is 18.3 Å². The van der Waals surface area contributed by atoms with Crippen LogP contribution in [0.1, 0.15) is 23.2 Å². The standard InChI is InChI=1S/C15H13F2N3O/c16-9-3-6-12(17)13(8-9)20-15(21)11-2-1-7-18-14(11)19-10-4-5-10/h1-3,6-8,10H,4-5H2,(H,18,19)(H,20,21). The van der Waals surface area contributed by atoms with Crippen LogP contribution in [0.2, 0.25) is 0 Å². The number of nitrogens with one attached hydrogen (secondary N) is 2. The minimum absolute atomic E-state index is 0.193. The predicted molar refractivity (Wildman–Crippen MR) is 75.2 cm³/mol. The van der Waals surface area contributed by atoms with Gasteiger partial charge < -0.3 is 10.6 Å². The zero-order valence-corrected chi connectivity index (χ0v) is 11.1. The van der Waals surface area contributed by atoms with Crippen molar-refractivity contribution in [2.45, 2.75) is 18.9 Å². The van der Waals surface area contributed by atoms with Crippen LogP contribution in [0.5, 0.6) is 0 Å². The van der Waals surface area contributed by atoms with Crippen molar-refractivity contribution in [2.24, 2.45) is 0 Å². The van der Waals surface area contributed by atoms with Crippen molar-refractivity contribution in [1.82, 2.24) is 4.98 Å². The third-order valence-corrected chi connectivity index (χ3v) is 3.15. The van der Waals surface area contributed by atoms with Crippen LogP contribution in [0.15, 0.2) is 36.5 Å². The van der Waals surface area contributed by atoms with Gasteiger partial charge in [0.2, 0.25) is 0 Å². The number of amides is 1. The maximum absolute atomic E-state index is 13.6. The second-order valence-electron chi connectivity index (χ2n) is 4.90. The maximum atomic E-state index is 13.6. The van der Waals surface area contributed by atoms with Crippen LogP contribution in [0.4, 0.5) is 20.3 Å². The molecule has 0 atom stereocenters. The van der Waals surface area contributed by atoms with Crippen molar-refractivity contribution in [3.05, 3.63) is 53.7 Å². The van der Waals surface area contributed by atoms with Gasteiger partial charge in [-0.15, -0.1) is 0 Å². The first-order chi connectivity index (χ1) is 10.1. The third kappa shape index (κ3) is 3.16. The first-order valence-corrected chi connectivity index (χ1v) is 6.61. The lowest BCUT2D eigenvalue weighted by atomic mass is 10.2. The lowest BCUT2D eigenvalue weighted by molar-refractivity contribution is 0.102. The molecule has 3 rings (SSSR count). The van der Waals surface area contributed by atoms with Crippen LogP contribution in [0.3, 0.4) is 0 Å². The van der Waals surface area contributed by atoms with Gasteiger partial charge in [-0.3, -0.25) is 4.79 Å². The van der Waals surface area contributed by atoms with Crippen molar-refractivity contribution in [3.63, 3.8) is 0 Å². The summed E-state index contributed by atoms with van der Waals surface area (Å²) in [7, 11) is 0. The molecule has 4 nitrogen and oxygen atoms in total. The van der Waals surface area contributed by atoms with Crippen LogP contribution in [-0.2, 0) is 0 Å². The number of aromatic nitrogens is 1. The molecule has 1 fully saturated rings. The normalized spacial score (nSPS) is 13.8. The van der Waals surface area contributed by atoms with E-state index in [9.17, 15) is 13.6 Å². The highest BCUT2D eigenvalue weighted by Gasteiger charge is 2.24. The molecule has 1 aromatic heterocycles. The fourth-order valence-corrected chi connectivity index (χ4v) is 1.91. The van der Waals surface area contributed by atoms with E-state index in [4.69, 9.17) is 0 Å². The van der Waals surface area contributed by atoms with Gasteiger partial charge in [0.15, 0.2) is 0 Å². The molecule has 0 unspecified atom stereocenters. The van der Waals surface area contributed by atoms with E-state index in [0.717, 1.165) is 31.0 Å². The van der Waals surface area contributed by atoms with Gasteiger partial charge >= 0.3 is 0 Å². The summed E-state index contributed by atoms with van der Waals surface area (Å²) in [6, 6.07) is 6.45. The summed E-state index contributed by atoms with van der Waals surface area (Å²) in [4.78, 5) is 16.3. The zero-order valence-electron chi connectivity index (χ0n) is 11.1. The first-order valence-electron chi connectivity index (χ1n) is 6.61. The number of halogens is 2. The number of carbonyl (C=O) groups excluding carboxylic acids is 1. The number of rotatable bonds is 4. The molecule has 1 amide bonds. The second-order valence-corrected chi connectivity index (χ2v) is 4.90. The van der Waals surface area contributed by atoms with Crippen LogP contribution in [0, 0.1) is 11.6 Å². The molecule has 1 saturated carbocycles. The quantitative estimate of drug-likeness (QED) is 0.909. The molecule has 2 N–H and O–H groups in total. The van der Waals surface area contributed by atoms with Crippen molar-refractivity contribution in [3.8, 4) is 0 Å². The SMILES string of the molecule is O=C(Nc1cc(F)ccc1F)c1cccnc1NC1CC1. The monoisotopic (exact) mass is 289 g/mol. The van der Waals surface area contributed by atoms with Crippen LogP contribution in [0.25, 0.3) is 0 Å². The Morgan fingerprint density at radius 1 is 1.24 bits per heavy atom. The van der Waals surface area contributed by atoms with Gasteiger partial charge in [-0.25, -0.2) is 13.8 Å². The number of hydrogen-bond acceptors (Lipinski definition) is 3. The maximum Gasteiger partial charge on any atom is 0.259 e. The van der Waals surface area contributed by atoms with E-state index in [1.807, 2.05) is 0 Å². The molecule has 1 aromatic carbocycles. The van der Waals surface area contributed by atoms with Crippen LogP contribution < -0.4 is 10.6 Å². The molecule has 1 aliphatic rings. The smallest absolute Gasteiger partial charge is 0.259 e. The highest BCUT2D eigenvalue weighted by molar-refractivity contribution is 6.07. The zero-order chi connectivity index (χ0) is 14.8. The Hall–Kier alpha value is -2.50. The minimum Gasteiger partial charge on any atom is -0.367 e. The summed E-state index contributed by atoms with van der Waals surface area (Å²) in [6.45, 7) is 0. The van der Waals surface area contributed by atoms with E-state index in [1.165, 1.54) is 0 Å². The van der Waals surface area contributed by atoms with E-state index in [-0.39, 0.29) is 5.69 Å². The van der Waals surface area contributed by atoms with Gasteiger partial charge in [0, 0.05) is 18.3 Å². The Kier molecular flexibility index (Phi) is 3.51. The van der Waals surface area contributed by atoms with Crippen molar-refractivity contribution in [1.29, 1.82) is 0 Å². The number of hydrogen-bond donors (Lipinski definition) is 2. The molecule has 0 saturated heterocycles. The Morgan fingerprint density at radius 3 is 2.81 bits per heavy atom. The molecule has 0 bridgehead atoms. The summed E-state index contributed by atoms with van der Waals surface area (Å²) in [5.74, 6) is -1.38. The largest absolute Gasteiger partial charge is 0.367 e. The summed E-state index contributed by atoms with van der Waals surface area (Å²) < 4.78 is 26.7. The summed E-state index contributed by atoms with van der Waals surface area (Å²) >= 11 is 0. The van der Waals surface area contributed by atoms with Crippen molar-refractivity contribution >= 4 is 17.4 Å². The molecular formula is C15H13F2N3O. The fraction of sp³-hybridized carbons (Fsp3) is 0.200. The highest BCUT2D eigenvalue weighted by Crippen LogP contribution is 2.26. The number of nitrogens with zero attached hydrogens (tertiary/aromatic N) is 1. The third-order valence-electron chi connectivity index (χ3n) is 3.15. The Morgan fingerprint density at radius 2 is 2.05 bits per heavy atom. The number of benzene rings is 1. The van der Waals surface area contributed by atoms with Crippen LogP contribution >= 0.6 is 0 Å². The average Bonchev–Trinajstić information content (AvgIpc) is 3.27. The Labute approximate surface area is 120 Å². The van der Waals surface area contributed by atoms with E-state index >= 15 is 0 Å². The van der Waals surface area contributed by atoms with Gasteiger partial charge in [0.1, 0.15) is 17.5 Å². The lowest BCUT2D eigenvalue weighted by Crippen LogP contribution is -2.17. The molecule has 0 aliphatic heterocycles. The molecule has 0 radical (unpaired) electrons. The molecule has 108 valence electrons. The average molecular weight is 289 g/mol. The molecule has 2 aromatic rings. The summed E-state index contributed by atoms with van der Waals surface area (Å²) in [5, 5.41) is 5.50. The van der Waals surface area contributed by atoms with Crippen molar-refractivity contribution in [2.75, 3.05) is 10.6 Å². The number of pyridine rings is 1. The van der Waals surface area contributed by atoms with Gasteiger partial charge in [-0.1, -0.05) is 0 Å². The van der Waals surface area contributed by atoms with E-state index in [2.05, 4.69) is 15.6 Å². The Balaban J connectivity index is 1.83. The fourth-order valence-electron chi connectivity index (χ4n) is 1.91. The molecule has 1 aliphatic carbocycles. The van der Waals surface area contributed by atoms with Gasteiger partial charge in [0.05, 0.1) is 11.3 Å². The first kappa shape index (κ1) is 13.5. The van der Waals surface area contributed by atoms with Gasteiger partial charge in [0.25, 0.3) is 5.91 Å². The molecule has 6 heteroatoms. The van der Waals surface area contributed by atoms with Gasteiger partial charge in [-0.05, 0) is 37.1 Å². The van der Waals surface area contributed by atoms with E-state index < -0.39 is 17.5 Å². The van der Waals surface area contributed by atoms with Crippen molar-refractivity contribution < 1.29 is 13.6 Å². The second kappa shape index (κ2) is 5.47. The van der Waals surface area contributed by atoms with Gasteiger partial charge in [-0.2, -0.15) is 0 Å². The molecule has 0 spiro atoms. The molecule has 1 heterocycles. The molecular weight excluding hydrogens is 276 g/mol. The topological polar surface area (TPSA) is 54.0 Å². The highest BCUT2D eigenvalue weighted by atomic mass is 19.1. The summed E-state index contributed by atoms with van der Waals surface area (Å²) in [5.41, 5.74) is 0.106.